The van der Waals surface area contributed by atoms with Gasteiger partial charge < -0.3 is 0 Å². The van der Waals surface area contributed by atoms with E-state index in [1.54, 1.807) is 6.42 Å². The second kappa shape index (κ2) is 3.33. The third kappa shape index (κ3) is 0.898. The molecule has 0 aromatic heterocycles. The lowest BCUT2D eigenvalue weighted by Crippen LogP contribution is -2.80. The molecule has 0 aromatic carbocycles. The standard InChI is InChI=1S/C23H38/c1-13-10-16-20(7,15(13)3)22(9)19(6)12-23(16,22)17-11-14(2)18(4,5)21(17,19)8/h13-17H,10-12H2,1-9H3. The summed E-state index contributed by atoms with van der Waals surface area (Å²) in [6.45, 7) is 23.8. The predicted octanol–water partition coefficient (Wildman–Crippen LogP) is 6.40. The van der Waals surface area contributed by atoms with Crippen LogP contribution in [0.3, 0.4) is 0 Å². The largest absolute Gasteiger partial charge is 0.0622 e. The highest BCUT2D eigenvalue weighted by molar-refractivity contribution is 5.47. The van der Waals surface area contributed by atoms with Crippen molar-refractivity contribution in [1.82, 2.24) is 0 Å². The molecule has 0 aliphatic heterocycles. The summed E-state index contributed by atoms with van der Waals surface area (Å²) in [5, 5.41) is 0. The molecule has 10 atom stereocenters. The second-order valence-corrected chi connectivity index (χ2v) is 12.1. The van der Waals surface area contributed by atoms with Gasteiger partial charge >= 0.3 is 0 Å². The van der Waals surface area contributed by atoms with Crippen molar-refractivity contribution in [3.63, 3.8) is 0 Å². The van der Waals surface area contributed by atoms with Gasteiger partial charge in [0.15, 0.2) is 0 Å². The van der Waals surface area contributed by atoms with Gasteiger partial charge in [0.05, 0.1) is 0 Å². The first kappa shape index (κ1) is 15.3. The van der Waals surface area contributed by atoms with Crippen LogP contribution in [0, 0.1) is 62.1 Å². The Morgan fingerprint density at radius 3 is 2.00 bits per heavy atom. The molecule has 0 aromatic rings. The molecule has 5 aliphatic rings. The maximum Gasteiger partial charge on any atom is -0.0144 e. The minimum atomic E-state index is 0.496. The van der Waals surface area contributed by atoms with Gasteiger partial charge in [0.25, 0.3) is 0 Å². The third-order valence-electron chi connectivity index (χ3n) is 13.1. The molecule has 0 N–H and O–H groups in total. The predicted molar refractivity (Wildman–Crippen MR) is 97.0 cm³/mol. The summed E-state index contributed by atoms with van der Waals surface area (Å²) in [4.78, 5) is 0. The molecule has 0 radical (unpaired) electrons. The van der Waals surface area contributed by atoms with Gasteiger partial charge in [-0.25, -0.2) is 0 Å². The lowest BCUT2D eigenvalue weighted by molar-refractivity contribution is -0.383. The first-order valence-electron chi connectivity index (χ1n) is 10.4. The topological polar surface area (TPSA) is 0 Å². The van der Waals surface area contributed by atoms with Gasteiger partial charge in [0, 0.05) is 0 Å². The molecular weight excluding hydrogens is 276 g/mol. The Balaban J connectivity index is 1.75. The van der Waals surface area contributed by atoms with Crippen molar-refractivity contribution >= 4 is 0 Å². The molecule has 0 amide bonds. The average molecular weight is 315 g/mol. The molecule has 0 heteroatoms. The fraction of sp³-hybridized carbons (Fsp3) is 1.00. The van der Waals surface area contributed by atoms with Crippen molar-refractivity contribution in [3.05, 3.63) is 0 Å². The van der Waals surface area contributed by atoms with E-state index in [-0.39, 0.29) is 0 Å². The van der Waals surface area contributed by atoms with Crippen molar-refractivity contribution in [2.24, 2.45) is 62.1 Å². The molecule has 130 valence electrons. The molecule has 5 fully saturated rings. The van der Waals surface area contributed by atoms with E-state index >= 15 is 0 Å². The fourth-order valence-electron chi connectivity index (χ4n) is 11.2. The van der Waals surface area contributed by atoms with E-state index < -0.39 is 0 Å². The number of fused-ring (bicyclic) bond motifs is 3. The zero-order chi connectivity index (χ0) is 17.0. The van der Waals surface area contributed by atoms with Crippen LogP contribution in [0.2, 0.25) is 0 Å². The Morgan fingerprint density at radius 1 is 0.783 bits per heavy atom. The molecular formula is C23H38. The molecule has 0 nitrogen and oxygen atoms in total. The smallest absolute Gasteiger partial charge is 0.0144 e. The van der Waals surface area contributed by atoms with Gasteiger partial charge in [-0.3, -0.25) is 0 Å². The van der Waals surface area contributed by atoms with Gasteiger partial charge in [-0.05, 0) is 81.3 Å². The summed E-state index contributed by atoms with van der Waals surface area (Å²) >= 11 is 0. The maximum atomic E-state index is 2.76. The second-order valence-electron chi connectivity index (χ2n) is 12.1. The molecule has 0 saturated heterocycles. The monoisotopic (exact) mass is 314 g/mol. The summed E-state index contributed by atoms with van der Waals surface area (Å²) in [6, 6.07) is 0. The van der Waals surface area contributed by atoms with Gasteiger partial charge in [-0.1, -0.05) is 62.3 Å². The van der Waals surface area contributed by atoms with Crippen molar-refractivity contribution in [2.75, 3.05) is 0 Å². The fourth-order valence-corrected chi connectivity index (χ4v) is 11.2. The van der Waals surface area contributed by atoms with Gasteiger partial charge in [0.2, 0.25) is 0 Å². The van der Waals surface area contributed by atoms with Crippen molar-refractivity contribution in [1.29, 1.82) is 0 Å². The molecule has 5 aliphatic carbocycles. The summed E-state index contributed by atoms with van der Waals surface area (Å²) < 4.78 is 0. The van der Waals surface area contributed by atoms with Crippen LogP contribution in [-0.4, -0.2) is 0 Å². The Bertz CT molecular complexity index is 618. The van der Waals surface area contributed by atoms with Crippen molar-refractivity contribution in [3.8, 4) is 0 Å². The zero-order valence-corrected chi connectivity index (χ0v) is 17.0. The van der Waals surface area contributed by atoms with Gasteiger partial charge in [-0.15, -0.1) is 0 Å². The summed E-state index contributed by atoms with van der Waals surface area (Å²) in [5.41, 5.74) is 3.50. The zero-order valence-electron chi connectivity index (χ0n) is 17.0. The van der Waals surface area contributed by atoms with E-state index in [2.05, 4.69) is 62.3 Å². The van der Waals surface area contributed by atoms with Gasteiger partial charge in [0.1, 0.15) is 0 Å². The van der Waals surface area contributed by atoms with E-state index in [0.717, 1.165) is 29.6 Å². The summed E-state index contributed by atoms with van der Waals surface area (Å²) in [5.74, 6) is 4.75. The summed E-state index contributed by atoms with van der Waals surface area (Å²) in [6.07, 6.45) is 4.57. The SMILES string of the molecule is CC1CC2C(C)(C1C)C1(C)C23CC1(C)C1(C)C3CC(C)C1(C)C. The van der Waals surface area contributed by atoms with Crippen LogP contribution >= 0.6 is 0 Å². The van der Waals surface area contributed by atoms with Gasteiger partial charge in [-0.2, -0.15) is 0 Å². The first-order valence-corrected chi connectivity index (χ1v) is 10.4. The quantitative estimate of drug-likeness (QED) is 0.485. The van der Waals surface area contributed by atoms with E-state index in [1.807, 2.05) is 0 Å². The van der Waals surface area contributed by atoms with Crippen LogP contribution in [0.4, 0.5) is 0 Å². The summed E-state index contributed by atoms with van der Waals surface area (Å²) in [7, 11) is 0. The minimum Gasteiger partial charge on any atom is -0.0622 e. The highest BCUT2D eigenvalue weighted by Gasteiger charge is 3.00. The molecule has 10 unspecified atom stereocenters. The number of hydrogen-bond donors (Lipinski definition) is 0. The lowest BCUT2D eigenvalue weighted by atomic mass is 9.18. The Morgan fingerprint density at radius 2 is 1.39 bits per heavy atom. The molecule has 5 rings (SSSR count). The highest BCUT2D eigenvalue weighted by Crippen LogP contribution is 3.05. The Labute approximate surface area is 144 Å². The number of hydrogen-bond acceptors (Lipinski definition) is 0. The van der Waals surface area contributed by atoms with E-state index in [1.165, 1.54) is 12.8 Å². The van der Waals surface area contributed by atoms with Crippen LogP contribution in [0.25, 0.3) is 0 Å². The van der Waals surface area contributed by atoms with Crippen molar-refractivity contribution < 1.29 is 0 Å². The first-order chi connectivity index (χ1) is 10.4. The highest BCUT2D eigenvalue weighted by atomic mass is 15.0. The third-order valence-corrected chi connectivity index (χ3v) is 13.1. The molecule has 5 saturated carbocycles. The van der Waals surface area contributed by atoms with E-state index in [4.69, 9.17) is 0 Å². The Kier molecular flexibility index (Phi) is 2.21. The molecule has 0 heterocycles. The van der Waals surface area contributed by atoms with Crippen molar-refractivity contribution in [2.45, 2.75) is 81.6 Å². The van der Waals surface area contributed by atoms with Crippen LogP contribution in [0.1, 0.15) is 81.6 Å². The van der Waals surface area contributed by atoms with Crippen LogP contribution in [-0.2, 0) is 0 Å². The Hall–Kier alpha value is 0. The molecule has 2 bridgehead atoms. The normalized spacial score (nSPS) is 73.7. The maximum absolute atomic E-state index is 2.76. The van der Waals surface area contributed by atoms with Crippen LogP contribution in [0.15, 0.2) is 0 Å². The molecule has 0 spiro atoms. The van der Waals surface area contributed by atoms with E-state index in [9.17, 15) is 0 Å². The van der Waals surface area contributed by atoms with Crippen LogP contribution in [0.5, 0.6) is 0 Å². The minimum absolute atomic E-state index is 0.496. The lowest BCUT2D eigenvalue weighted by Gasteiger charge is -2.85. The van der Waals surface area contributed by atoms with E-state index in [0.29, 0.717) is 32.5 Å². The molecule has 23 heavy (non-hydrogen) atoms. The average Bonchev–Trinajstić information content (AvgIpc) is 2.95. The number of rotatable bonds is 0. The van der Waals surface area contributed by atoms with Crippen LogP contribution < -0.4 is 0 Å².